The summed E-state index contributed by atoms with van der Waals surface area (Å²) in [6.07, 6.45) is 0. The van der Waals surface area contributed by atoms with E-state index in [0.29, 0.717) is 39.4 Å². The van der Waals surface area contributed by atoms with Crippen molar-refractivity contribution in [1.29, 1.82) is 0 Å². The largest absolute Gasteiger partial charge is 0.456 e. The van der Waals surface area contributed by atoms with Gasteiger partial charge in [-0.1, -0.05) is 133 Å². The quantitative estimate of drug-likeness (QED) is 0.162. The molecule has 0 aliphatic carbocycles. The number of hydrogen-bond acceptors (Lipinski definition) is 6. The Labute approximate surface area is 350 Å². The number of para-hydroxylation sites is 1. The van der Waals surface area contributed by atoms with E-state index in [9.17, 15) is 9.60 Å². The monoisotopic (exact) mass is 748 g/mol. The van der Waals surface area contributed by atoms with Crippen molar-refractivity contribution in [2.45, 2.75) is 0 Å². The van der Waals surface area contributed by atoms with Gasteiger partial charge in [0.25, 0.3) is 0 Å². The van der Waals surface area contributed by atoms with Crippen LogP contribution in [0.25, 0.3) is 89.2 Å². The zero-order chi connectivity index (χ0) is 51.6. The molecule has 0 N–H and O–H groups in total. The lowest BCUT2D eigenvalue weighted by Gasteiger charge is -2.25. The van der Waals surface area contributed by atoms with Crippen LogP contribution in [0.5, 0.6) is 0 Å². The van der Waals surface area contributed by atoms with E-state index in [1.807, 2.05) is 66.7 Å². The second-order valence-electron chi connectivity index (χ2n) is 12.8. The molecule has 3 aromatic heterocycles. The summed E-state index contributed by atoms with van der Waals surface area (Å²) in [5.41, 5.74) is -0.553. The van der Waals surface area contributed by atoms with Gasteiger partial charge < -0.3 is 13.7 Å². The van der Waals surface area contributed by atoms with Crippen LogP contribution in [0.4, 0.5) is 17.1 Å². The molecule has 0 saturated heterocycles. The van der Waals surface area contributed by atoms with Gasteiger partial charge in [-0.2, -0.15) is 0 Å². The van der Waals surface area contributed by atoms with Crippen molar-refractivity contribution in [3.63, 3.8) is 0 Å². The highest BCUT2D eigenvalue weighted by molar-refractivity contribution is 6.13. The summed E-state index contributed by atoms with van der Waals surface area (Å²) in [7, 11) is 0. The van der Waals surface area contributed by atoms with Gasteiger partial charge in [-0.25, -0.2) is 15.0 Å². The Morgan fingerprint density at radius 2 is 1.04 bits per heavy atom. The van der Waals surface area contributed by atoms with Gasteiger partial charge in [0.2, 0.25) is 0 Å². The number of anilines is 3. The van der Waals surface area contributed by atoms with Gasteiger partial charge in [0.1, 0.15) is 22.3 Å². The molecule has 0 unspecified atom stereocenters. The van der Waals surface area contributed by atoms with Gasteiger partial charge in [-0.15, -0.1) is 0 Å². The van der Waals surface area contributed by atoms with Crippen molar-refractivity contribution in [1.82, 2.24) is 15.0 Å². The zero-order valence-electron chi connectivity index (χ0n) is 45.3. The van der Waals surface area contributed by atoms with Gasteiger partial charge in [0.15, 0.2) is 17.5 Å². The van der Waals surface area contributed by atoms with Gasteiger partial charge >= 0.3 is 0 Å². The molecule has 3 heterocycles. The number of benzene rings is 8. The summed E-state index contributed by atoms with van der Waals surface area (Å²) in [5.74, 6) is 1.14. The maximum atomic E-state index is 9.75. The molecule has 0 aliphatic rings. The molecule has 0 radical (unpaired) electrons. The van der Waals surface area contributed by atoms with Crippen LogP contribution in [0.1, 0.15) is 21.9 Å². The minimum absolute atomic E-state index is 0.0298. The highest BCUT2D eigenvalue weighted by Crippen LogP contribution is 2.43. The Morgan fingerprint density at radius 1 is 0.404 bits per heavy atom. The van der Waals surface area contributed by atoms with Crippen molar-refractivity contribution in [3.05, 3.63) is 194 Å². The standard InChI is InChI=1S/C51H32N4O2/c1-4-13-33(14-5-1)34-23-25-37(26-24-34)55(38-28-30-45-43(31-38)40-19-10-11-21-44(40)56-45)39-27-29-41-47(32-39)57-46-22-12-20-42(48(41)46)51-53-49(35-15-6-2-7-16-35)52-50(54-51)36-17-8-3-9-18-36/h1-32H/i1D,4D,5D,10D,11D,13D,14D,19D,21D,23D,24D,25D,26D,28D,30D,31D. The third-order valence-corrected chi connectivity index (χ3v) is 9.36. The number of rotatable bonds is 7. The molecule has 0 bridgehead atoms. The predicted molar refractivity (Wildman–Crippen MR) is 231 cm³/mol. The van der Waals surface area contributed by atoms with Gasteiger partial charge in [-0.05, 0) is 65.6 Å². The molecule has 57 heavy (non-hydrogen) atoms. The fourth-order valence-corrected chi connectivity index (χ4v) is 6.76. The van der Waals surface area contributed by atoms with E-state index in [2.05, 4.69) is 0 Å². The van der Waals surface area contributed by atoms with Gasteiger partial charge in [0, 0.05) is 61.4 Å². The fourth-order valence-electron chi connectivity index (χ4n) is 6.76. The van der Waals surface area contributed by atoms with Crippen LogP contribution in [0, 0.1) is 0 Å². The normalized spacial score (nSPS) is 15.4. The van der Waals surface area contributed by atoms with E-state index in [1.165, 1.54) is 12.1 Å². The Balaban J connectivity index is 1.20. The second-order valence-corrected chi connectivity index (χ2v) is 12.8. The first-order valence-corrected chi connectivity index (χ1v) is 17.6. The number of hydrogen-bond donors (Lipinski definition) is 0. The van der Waals surface area contributed by atoms with Crippen LogP contribution < -0.4 is 4.90 Å². The SMILES string of the molecule is [2H]c1c([2H])c([2H])c(-c2c([2H])c([2H])c(N(c3ccc4c(c3)oc3cccc(-c5nc(-c6ccccc6)nc(-c6ccccc6)n5)c34)c3c([2H])c([2H])c4oc5c([2H])c([2H])c([2H])c([2H])c5c4c3[2H])c([2H])c2[2H])c([2H])c1[2H]. The molecule has 8 aromatic carbocycles. The maximum absolute atomic E-state index is 9.75. The molecule has 0 fully saturated rings. The molecule has 6 nitrogen and oxygen atoms in total. The average molecular weight is 749 g/mol. The van der Waals surface area contributed by atoms with E-state index in [0.717, 1.165) is 16.0 Å². The molecule has 0 spiro atoms. The van der Waals surface area contributed by atoms with Crippen molar-refractivity contribution in [2.75, 3.05) is 4.90 Å². The second kappa shape index (κ2) is 13.5. The maximum Gasteiger partial charge on any atom is 0.164 e. The first-order chi connectivity index (χ1) is 34.9. The minimum atomic E-state index is -0.843. The summed E-state index contributed by atoms with van der Waals surface area (Å²) in [6, 6.07) is 17.0. The Bertz CT molecular complexity index is 4070. The smallest absolute Gasteiger partial charge is 0.164 e. The highest BCUT2D eigenvalue weighted by atomic mass is 16.3. The number of aromatic nitrogens is 3. The Morgan fingerprint density at radius 3 is 1.79 bits per heavy atom. The summed E-state index contributed by atoms with van der Waals surface area (Å²) in [5, 5.41) is 0.508. The first-order valence-electron chi connectivity index (χ1n) is 25.6. The summed E-state index contributed by atoms with van der Waals surface area (Å²) >= 11 is 0. The molecule has 0 saturated carbocycles. The predicted octanol–water partition coefficient (Wildman–Crippen LogP) is 13.8. The Hall–Kier alpha value is -7.83. The van der Waals surface area contributed by atoms with Crippen LogP contribution in [0.3, 0.4) is 0 Å². The third kappa shape index (κ3) is 5.79. The summed E-state index contributed by atoms with van der Waals surface area (Å²) in [6.45, 7) is 0. The van der Waals surface area contributed by atoms with Gasteiger partial charge in [0.05, 0.1) is 21.9 Å². The van der Waals surface area contributed by atoms with Gasteiger partial charge in [-0.3, -0.25) is 0 Å². The topological polar surface area (TPSA) is 68.2 Å². The van der Waals surface area contributed by atoms with Crippen LogP contribution in [-0.2, 0) is 0 Å². The van der Waals surface area contributed by atoms with Crippen LogP contribution in [0.15, 0.2) is 203 Å². The van der Waals surface area contributed by atoms with Crippen LogP contribution in [0.2, 0.25) is 0 Å². The van der Waals surface area contributed by atoms with E-state index >= 15 is 0 Å². The molecule has 11 aromatic rings. The highest BCUT2D eigenvalue weighted by Gasteiger charge is 2.21. The van der Waals surface area contributed by atoms with E-state index < -0.39 is 125 Å². The number of nitrogens with zero attached hydrogens (tertiary/aromatic N) is 4. The van der Waals surface area contributed by atoms with E-state index in [-0.39, 0.29) is 27.6 Å². The molecule has 0 aliphatic heterocycles. The minimum Gasteiger partial charge on any atom is -0.456 e. The van der Waals surface area contributed by atoms with Crippen LogP contribution in [-0.4, -0.2) is 15.0 Å². The Kier molecular flexibility index (Phi) is 4.77. The first kappa shape index (κ1) is 20.2. The average Bonchev–Trinajstić information content (AvgIpc) is 4.00. The van der Waals surface area contributed by atoms with Crippen LogP contribution >= 0.6 is 0 Å². The zero-order valence-corrected chi connectivity index (χ0v) is 29.3. The van der Waals surface area contributed by atoms with Crippen molar-refractivity contribution in [2.24, 2.45) is 0 Å². The van der Waals surface area contributed by atoms with Crippen molar-refractivity contribution < 1.29 is 30.8 Å². The molecule has 11 rings (SSSR count). The number of furan rings is 2. The molecular formula is C51H32N4O2. The van der Waals surface area contributed by atoms with Crippen molar-refractivity contribution in [3.8, 4) is 45.3 Å². The van der Waals surface area contributed by atoms with Crippen molar-refractivity contribution >= 4 is 60.9 Å². The molecule has 268 valence electrons. The van der Waals surface area contributed by atoms with E-state index in [4.69, 9.17) is 36.1 Å². The fraction of sp³-hybridized carbons (Fsp3) is 0. The number of fused-ring (bicyclic) bond motifs is 6. The summed E-state index contributed by atoms with van der Waals surface area (Å²) in [4.78, 5) is 15.7. The lowest BCUT2D eigenvalue weighted by Crippen LogP contribution is -2.09. The molecule has 0 amide bonds. The molecule has 0 atom stereocenters. The lowest BCUT2D eigenvalue weighted by molar-refractivity contribution is 0.668. The molecular weight excluding hydrogens is 701 g/mol. The lowest BCUT2D eigenvalue weighted by atomic mass is 10.0. The van der Waals surface area contributed by atoms with E-state index in [1.54, 1.807) is 18.2 Å². The third-order valence-electron chi connectivity index (χ3n) is 9.36. The molecule has 6 heteroatoms. The summed E-state index contributed by atoms with van der Waals surface area (Å²) < 4.78 is 155.